The van der Waals surface area contributed by atoms with Crippen molar-refractivity contribution in [2.45, 2.75) is 51.0 Å². The number of hydrogen-bond acceptors (Lipinski definition) is 3. The van der Waals surface area contributed by atoms with Gasteiger partial charge in [0.25, 0.3) is 5.91 Å². The van der Waals surface area contributed by atoms with Crippen molar-refractivity contribution in [3.05, 3.63) is 62.7 Å². The zero-order valence-corrected chi connectivity index (χ0v) is 20.7. The van der Waals surface area contributed by atoms with E-state index in [1.54, 1.807) is 17.0 Å². The number of anilines is 1. The van der Waals surface area contributed by atoms with Crippen LogP contribution in [-0.2, 0) is 20.8 Å². The molecule has 0 radical (unpaired) electrons. The lowest BCUT2D eigenvalue weighted by molar-refractivity contribution is -0.142. The Kier molecular flexibility index (Phi) is 7.51. The van der Waals surface area contributed by atoms with Gasteiger partial charge >= 0.3 is 0 Å². The van der Waals surface area contributed by atoms with Crippen LogP contribution in [0.3, 0.4) is 0 Å². The molecule has 1 heterocycles. The van der Waals surface area contributed by atoms with Gasteiger partial charge in [-0.3, -0.25) is 14.4 Å². The summed E-state index contributed by atoms with van der Waals surface area (Å²) in [7, 11) is 0. The van der Waals surface area contributed by atoms with Crippen molar-refractivity contribution in [1.29, 1.82) is 0 Å². The van der Waals surface area contributed by atoms with Crippen molar-refractivity contribution in [2.75, 3.05) is 11.4 Å². The zero-order chi connectivity index (χ0) is 22.7. The van der Waals surface area contributed by atoms with Gasteiger partial charge in [-0.1, -0.05) is 43.0 Å². The maximum atomic E-state index is 13.5. The molecule has 32 heavy (non-hydrogen) atoms. The summed E-state index contributed by atoms with van der Waals surface area (Å²) < 4.78 is 1.03. The zero-order valence-electron chi connectivity index (χ0n) is 17.8. The van der Waals surface area contributed by atoms with Crippen LogP contribution in [0.15, 0.2) is 48.5 Å². The smallest absolute Gasteiger partial charge is 0.257 e. The van der Waals surface area contributed by atoms with Crippen LogP contribution >= 0.6 is 34.2 Å². The van der Waals surface area contributed by atoms with E-state index in [1.165, 1.54) is 4.90 Å². The molecule has 1 saturated heterocycles. The van der Waals surface area contributed by atoms with Crippen molar-refractivity contribution in [3.8, 4) is 0 Å². The molecule has 0 aromatic heterocycles. The minimum absolute atomic E-state index is 0.00216. The first-order chi connectivity index (χ1) is 15.4. The largest absolute Gasteiger partial charge is 0.330 e. The van der Waals surface area contributed by atoms with Gasteiger partial charge in [0.15, 0.2) is 0 Å². The molecule has 1 unspecified atom stereocenters. The molecule has 2 fully saturated rings. The van der Waals surface area contributed by atoms with Gasteiger partial charge in [0.05, 0.1) is 12.1 Å². The number of nitrogens with zero attached hydrogens (tertiary/aromatic N) is 2. The van der Waals surface area contributed by atoms with Gasteiger partial charge in [-0.25, -0.2) is 4.90 Å². The Labute approximate surface area is 207 Å². The Morgan fingerprint density at radius 1 is 1.06 bits per heavy atom. The standard InChI is InChI=1S/C25H26ClIN2O3/c26-19-8-4-5-17(15-19)13-14-28(24(31)18-6-2-1-3-7-18)22-16-23(30)29(25(22)32)21-11-9-20(27)10-12-21/h4-5,8-12,15,18,22H,1-3,6-7,13-14,16H2. The SMILES string of the molecule is O=C1CC(N(CCc2cccc(Cl)c2)C(=O)C2CCCCC2)C(=O)N1c1ccc(I)cc1. The summed E-state index contributed by atoms with van der Waals surface area (Å²) in [6.45, 7) is 0.389. The van der Waals surface area contributed by atoms with Crippen LogP contribution in [0.4, 0.5) is 5.69 Å². The highest BCUT2D eigenvalue weighted by molar-refractivity contribution is 14.1. The monoisotopic (exact) mass is 564 g/mol. The minimum atomic E-state index is -0.754. The first-order valence-corrected chi connectivity index (χ1v) is 12.6. The highest BCUT2D eigenvalue weighted by atomic mass is 127. The summed E-state index contributed by atoms with van der Waals surface area (Å²) in [5, 5.41) is 0.643. The number of hydrogen-bond donors (Lipinski definition) is 0. The van der Waals surface area contributed by atoms with Gasteiger partial charge in [0.2, 0.25) is 11.8 Å². The number of imide groups is 1. The number of amides is 3. The van der Waals surface area contributed by atoms with Crippen molar-refractivity contribution in [2.24, 2.45) is 5.92 Å². The summed E-state index contributed by atoms with van der Waals surface area (Å²) in [4.78, 5) is 42.7. The van der Waals surface area contributed by atoms with Gasteiger partial charge < -0.3 is 4.90 Å². The molecule has 2 aliphatic rings. The molecule has 1 aliphatic heterocycles. The molecule has 2 aromatic rings. The molecule has 3 amide bonds. The summed E-state index contributed by atoms with van der Waals surface area (Å²) in [5.41, 5.74) is 1.56. The summed E-state index contributed by atoms with van der Waals surface area (Å²) in [6, 6.07) is 14.1. The summed E-state index contributed by atoms with van der Waals surface area (Å²) >= 11 is 8.31. The van der Waals surface area contributed by atoms with Crippen LogP contribution in [0.25, 0.3) is 0 Å². The molecular formula is C25H26ClIN2O3. The van der Waals surface area contributed by atoms with Crippen LogP contribution in [0.1, 0.15) is 44.1 Å². The van der Waals surface area contributed by atoms with Crippen LogP contribution in [-0.4, -0.2) is 35.2 Å². The molecule has 1 atom stereocenters. The quantitative estimate of drug-likeness (QED) is 0.357. The van der Waals surface area contributed by atoms with Crippen LogP contribution < -0.4 is 4.90 Å². The summed E-state index contributed by atoms with van der Waals surface area (Å²) in [6.07, 6.45) is 5.52. The predicted octanol–water partition coefficient (Wildman–Crippen LogP) is 5.23. The highest BCUT2D eigenvalue weighted by Gasteiger charge is 2.45. The third-order valence-electron chi connectivity index (χ3n) is 6.35. The molecule has 5 nitrogen and oxygen atoms in total. The van der Waals surface area contributed by atoms with Crippen molar-refractivity contribution in [3.63, 3.8) is 0 Å². The van der Waals surface area contributed by atoms with E-state index in [0.29, 0.717) is 23.7 Å². The van der Waals surface area contributed by atoms with Gasteiger partial charge in [0, 0.05) is 21.1 Å². The second-order valence-corrected chi connectivity index (χ2v) is 10.2. The Hall–Kier alpha value is -1.93. The number of carbonyl (C=O) groups is 3. The van der Waals surface area contributed by atoms with Gasteiger partial charge in [-0.15, -0.1) is 0 Å². The average Bonchev–Trinajstić information content (AvgIpc) is 3.09. The van der Waals surface area contributed by atoms with Crippen LogP contribution in [0.5, 0.6) is 0 Å². The highest BCUT2D eigenvalue weighted by Crippen LogP contribution is 2.31. The van der Waals surface area contributed by atoms with E-state index in [2.05, 4.69) is 22.6 Å². The second-order valence-electron chi connectivity index (χ2n) is 8.51. The van der Waals surface area contributed by atoms with Gasteiger partial charge in [-0.2, -0.15) is 0 Å². The topological polar surface area (TPSA) is 57.7 Å². The molecule has 7 heteroatoms. The summed E-state index contributed by atoms with van der Waals surface area (Å²) in [5.74, 6) is -0.641. The Balaban J connectivity index is 1.58. The molecule has 0 bridgehead atoms. The lowest BCUT2D eigenvalue weighted by Gasteiger charge is -2.32. The third kappa shape index (κ3) is 5.17. The number of halogens is 2. The van der Waals surface area contributed by atoms with E-state index < -0.39 is 6.04 Å². The Morgan fingerprint density at radius 2 is 1.78 bits per heavy atom. The Morgan fingerprint density at radius 3 is 2.47 bits per heavy atom. The van der Waals surface area contributed by atoms with E-state index in [-0.39, 0.29) is 30.1 Å². The van der Waals surface area contributed by atoms with E-state index in [9.17, 15) is 14.4 Å². The Bertz CT molecular complexity index is 1000. The third-order valence-corrected chi connectivity index (χ3v) is 7.31. The number of carbonyl (C=O) groups excluding carboxylic acids is 3. The molecular weight excluding hydrogens is 539 g/mol. The normalized spacial score (nSPS) is 19.4. The van der Waals surface area contributed by atoms with Gasteiger partial charge in [-0.05, 0) is 83.8 Å². The van der Waals surface area contributed by atoms with Crippen molar-refractivity contribution in [1.82, 2.24) is 4.90 Å². The molecule has 0 N–H and O–H groups in total. The molecule has 2 aromatic carbocycles. The number of benzene rings is 2. The molecule has 1 aliphatic carbocycles. The molecule has 168 valence electrons. The fraction of sp³-hybridized carbons (Fsp3) is 0.400. The van der Waals surface area contributed by atoms with Crippen LogP contribution in [0, 0.1) is 9.49 Å². The van der Waals surface area contributed by atoms with E-state index in [4.69, 9.17) is 11.6 Å². The first-order valence-electron chi connectivity index (χ1n) is 11.1. The fourth-order valence-electron chi connectivity index (χ4n) is 4.67. The average molecular weight is 565 g/mol. The van der Waals surface area contributed by atoms with E-state index in [0.717, 1.165) is 41.2 Å². The maximum absolute atomic E-state index is 13.5. The molecule has 1 saturated carbocycles. The van der Waals surface area contributed by atoms with Gasteiger partial charge in [0.1, 0.15) is 6.04 Å². The molecule has 0 spiro atoms. The van der Waals surface area contributed by atoms with Crippen molar-refractivity contribution < 1.29 is 14.4 Å². The minimum Gasteiger partial charge on any atom is -0.330 e. The lowest BCUT2D eigenvalue weighted by Crippen LogP contribution is -2.48. The first kappa shape index (κ1) is 23.2. The van der Waals surface area contributed by atoms with Crippen molar-refractivity contribution >= 4 is 57.6 Å². The van der Waals surface area contributed by atoms with E-state index in [1.807, 2.05) is 36.4 Å². The predicted molar refractivity (Wildman–Crippen MR) is 134 cm³/mol. The van der Waals surface area contributed by atoms with Crippen LogP contribution in [0.2, 0.25) is 5.02 Å². The lowest BCUT2D eigenvalue weighted by atomic mass is 9.87. The molecule has 4 rings (SSSR count). The second kappa shape index (κ2) is 10.3. The van der Waals surface area contributed by atoms with E-state index >= 15 is 0 Å². The fourth-order valence-corrected chi connectivity index (χ4v) is 5.24. The maximum Gasteiger partial charge on any atom is 0.257 e. The number of rotatable bonds is 6.